The minimum absolute atomic E-state index is 0.108. The normalized spacial score (nSPS) is 21.3. The largest absolute Gasteiger partial charge is 0.453 e. The second-order valence-electron chi connectivity index (χ2n) is 19.6. The molecule has 6 atom stereocenters. The second kappa shape index (κ2) is 19.9. The molecule has 5 heterocycles. The number of amides is 4. The summed E-state index contributed by atoms with van der Waals surface area (Å²) in [6.45, 7) is 8.86. The molecule has 2 aromatic heterocycles. The molecule has 1 saturated carbocycles. The molecule has 3 aliphatic heterocycles. The second-order valence-corrected chi connectivity index (χ2v) is 19.6. The van der Waals surface area contributed by atoms with E-state index in [-0.39, 0.29) is 47.8 Å². The van der Waals surface area contributed by atoms with E-state index in [0.717, 1.165) is 72.7 Å². The summed E-state index contributed by atoms with van der Waals surface area (Å²) in [4.78, 5) is 74.5. The molecule has 3 aromatic carbocycles. The molecule has 1 aliphatic carbocycles. The maximum atomic E-state index is 13.7. The van der Waals surface area contributed by atoms with Crippen molar-refractivity contribution in [1.82, 2.24) is 40.4 Å². The number of hydrogen-bond acceptors (Lipinski definition) is 9. The van der Waals surface area contributed by atoms with Gasteiger partial charge in [-0.2, -0.15) is 0 Å². The van der Waals surface area contributed by atoms with Crippen LogP contribution in [-0.4, -0.2) is 93.1 Å². The van der Waals surface area contributed by atoms with Crippen LogP contribution < -0.4 is 15.5 Å². The third kappa shape index (κ3) is 9.57. The van der Waals surface area contributed by atoms with Gasteiger partial charge in [0.1, 0.15) is 23.7 Å². The molecule has 68 heavy (non-hydrogen) atoms. The van der Waals surface area contributed by atoms with Gasteiger partial charge in [-0.25, -0.2) is 19.6 Å². The van der Waals surface area contributed by atoms with Gasteiger partial charge < -0.3 is 44.8 Å². The van der Waals surface area contributed by atoms with Crippen molar-refractivity contribution in [3.8, 4) is 22.5 Å². The van der Waals surface area contributed by atoms with Crippen molar-refractivity contribution in [2.75, 3.05) is 32.2 Å². The number of benzene rings is 3. The molecule has 4 fully saturated rings. The van der Waals surface area contributed by atoms with Crippen molar-refractivity contribution in [3.63, 3.8) is 0 Å². The van der Waals surface area contributed by atoms with E-state index in [1.807, 2.05) is 49.9 Å². The zero-order valence-electron chi connectivity index (χ0n) is 40.0. The Labute approximate surface area is 398 Å². The van der Waals surface area contributed by atoms with Crippen molar-refractivity contribution in [2.24, 2.45) is 11.8 Å². The van der Waals surface area contributed by atoms with Gasteiger partial charge in [0.25, 0.3) is 0 Å². The minimum atomic E-state index is -0.690. The predicted octanol–water partition coefficient (Wildman–Crippen LogP) is 9.52. The molecule has 4 N–H and O–H groups in total. The summed E-state index contributed by atoms with van der Waals surface area (Å²) in [5, 5.41) is 5.46. The van der Waals surface area contributed by atoms with Crippen LogP contribution in [0, 0.1) is 11.8 Å². The number of H-pyrrole nitrogens is 2. The Morgan fingerprint density at radius 1 is 0.559 bits per heavy atom. The van der Waals surface area contributed by atoms with Crippen LogP contribution in [0.1, 0.15) is 137 Å². The quantitative estimate of drug-likeness (QED) is 0.0845. The van der Waals surface area contributed by atoms with E-state index in [4.69, 9.17) is 19.4 Å². The Kier molecular flexibility index (Phi) is 13.6. The first-order valence-electron chi connectivity index (χ1n) is 24.4. The van der Waals surface area contributed by atoms with Crippen LogP contribution in [0.5, 0.6) is 0 Å². The fraction of sp³-hybridized carbons (Fsp3) is 0.472. The van der Waals surface area contributed by atoms with Crippen molar-refractivity contribution in [1.29, 1.82) is 0 Å². The Morgan fingerprint density at radius 2 is 0.971 bits per heavy atom. The molecule has 6 unspecified atom stereocenters. The number of carbonyl (C=O) groups excluding carboxylic acids is 4. The van der Waals surface area contributed by atoms with E-state index < -0.39 is 24.3 Å². The molecule has 0 spiro atoms. The number of rotatable bonds is 14. The van der Waals surface area contributed by atoms with Gasteiger partial charge in [0.15, 0.2) is 0 Å². The van der Waals surface area contributed by atoms with Crippen LogP contribution in [0.15, 0.2) is 85.2 Å². The van der Waals surface area contributed by atoms with Gasteiger partial charge in [0.05, 0.1) is 62.2 Å². The third-order valence-corrected chi connectivity index (χ3v) is 14.5. The zero-order chi connectivity index (χ0) is 47.6. The maximum absolute atomic E-state index is 13.7. The number of alkyl carbamates (subject to hydrolysis) is 2. The first-order chi connectivity index (χ1) is 32.9. The van der Waals surface area contributed by atoms with Gasteiger partial charge in [-0.3, -0.25) is 9.59 Å². The van der Waals surface area contributed by atoms with Crippen molar-refractivity contribution >= 4 is 29.7 Å². The molecule has 5 aromatic rings. The molecular formula is C53H65N9O6. The Morgan fingerprint density at radius 3 is 1.35 bits per heavy atom. The van der Waals surface area contributed by atoms with Crippen LogP contribution in [0.25, 0.3) is 22.5 Å². The van der Waals surface area contributed by atoms with Crippen LogP contribution in [0.3, 0.4) is 0 Å². The molecule has 358 valence electrons. The maximum Gasteiger partial charge on any atom is 0.407 e. The smallest absolute Gasteiger partial charge is 0.407 e. The van der Waals surface area contributed by atoms with E-state index >= 15 is 0 Å². The number of aromatic nitrogens is 4. The molecule has 15 heteroatoms. The Balaban J connectivity index is 0.915. The van der Waals surface area contributed by atoms with Crippen LogP contribution in [-0.2, 0) is 19.1 Å². The first-order valence-corrected chi connectivity index (χ1v) is 24.4. The molecule has 4 aliphatic rings. The highest BCUT2D eigenvalue weighted by Crippen LogP contribution is 2.48. The lowest BCUT2D eigenvalue weighted by atomic mass is 10.0. The highest BCUT2D eigenvalue weighted by atomic mass is 16.5. The number of anilines is 1. The molecule has 0 radical (unpaired) electrons. The van der Waals surface area contributed by atoms with Gasteiger partial charge in [-0.15, -0.1) is 0 Å². The van der Waals surface area contributed by atoms with Crippen molar-refractivity contribution in [2.45, 2.75) is 121 Å². The topological polar surface area (TPSA) is 178 Å². The summed E-state index contributed by atoms with van der Waals surface area (Å²) >= 11 is 0. The molecule has 3 saturated heterocycles. The van der Waals surface area contributed by atoms with Crippen LogP contribution >= 0.6 is 0 Å². The monoisotopic (exact) mass is 924 g/mol. The predicted molar refractivity (Wildman–Crippen MR) is 259 cm³/mol. The van der Waals surface area contributed by atoms with Gasteiger partial charge >= 0.3 is 12.2 Å². The lowest BCUT2D eigenvalue weighted by Crippen LogP contribution is -2.51. The van der Waals surface area contributed by atoms with Crippen molar-refractivity contribution in [3.05, 3.63) is 114 Å². The van der Waals surface area contributed by atoms with E-state index in [1.165, 1.54) is 49.4 Å². The Bertz CT molecular complexity index is 2420. The summed E-state index contributed by atoms with van der Waals surface area (Å²) in [5.41, 5.74) is 8.93. The average molecular weight is 924 g/mol. The van der Waals surface area contributed by atoms with Crippen molar-refractivity contribution < 1.29 is 28.7 Å². The average Bonchev–Trinajstić information content (AvgIpc) is 3.97. The summed E-state index contributed by atoms with van der Waals surface area (Å²) in [6.07, 6.45) is 10.3. The molecule has 0 bridgehead atoms. The molecule has 4 amide bonds. The molecule has 9 rings (SSSR count). The van der Waals surface area contributed by atoms with Gasteiger partial charge in [0, 0.05) is 18.8 Å². The van der Waals surface area contributed by atoms with E-state index in [0.29, 0.717) is 19.0 Å². The molecule has 15 nitrogen and oxygen atoms in total. The first kappa shape index (κ1) is 46.5. The Hall–Kier alpha value is -6.64. The zero-order valence-corrected chi connectivity index (χ0v) is 40.0. The number of likely N-dealkylation sites (tertiary alicyclic amines) is 2. The van der Waals surface area contributed by atoms with E-state index in [2.05, 4.69) is 98.3 Å². The number of imidazole rings is 2. The van der Waals surface area contributed by atoms with Crippen LogP contribution in [0.2, 0.25) is 0 Å². The summed E-state index contributed by atoms with van der Waals surface area (Å²) < 4.78 is 9.62. The highest BCUT2D eigenvalue weighted by molar-refractivity contribution is 5.87. The fourth-order valence-electron chi connectivity index (χ4n) is 10.6. The SMILES string of the molecule is COC(=O)NC(C(=O)N1CCCC1c1ncc(-c2ccc(C3CCC(c4ccc(-c5cnc(C6CCCN6C(=O)C(NC(=O)OC)C(C)C)[nH]5)cc4)N3c3ccc(C4CC4)cc3)cc2)[nH]1)C(C)C. The van der Waals surface area contributed by atoms with E-state index in [1.54, 1.807) is 0 Å². The lowest BCUT2D eigenvalue weighted by molar-refractivity contribution is -0.136. The minimum Gasteiger partial charge on any atom is -0.453 e. The highest BCUT2D eigenvalue weighted by Gasteiger charge is 2.40. The molecular weight excluding hydrogens is 859 g/mol. The number of ether oxygens (including phenoxy) is 2. The number of hydrogen-bond donors (Lipinski definition) is 4. The number of nitrogens with zero attached hydrogens (tertiary/aromatic N) is 5. The number of nitrogens with one attached hydrogen (secondary N) is 4. The van der Waals surface area contributed by atoms with E-state index in [9.17, 15) is 19.2 Å². The fourth-order valence-corrected chi connectivity index (χ4v) is 10.6. The van der Waals surface area contributed by atoms with Gasteiger partial charge in [-0.1, -0.05) is 88.4 Å². The number of carbonyl (C=O) groups is 4. The van der Waals surface area contributed by atoms with Crippen LogP contribution in [0.4, 0.5) is 15.3 Å². The van der Waals surface area contributed by atoms with Gasteiger partial charge in [-0.05, 0) is 109 Å². The third-order valence-electron chi connectivity index (χ3n) is 14.5. The summed E-state index contributed by atoms with van der Waals surface area (Å²) in [7, 11) is 2.61. The lowest BCUT2D eigenvalue weighted by Gasteiger charge is -2.33. The standard InChI is InChI=1S/C53H65N9O6/c1-31(2)46(58-52(65)67-5)50(63)60-27-7-9-44(60)48-54-29-40(56-48)35-13-17-37(18-14-35)42-25-26-43(62(42)39-23-21-34(22-24-39)33-11-12-33)38-19-15-36(16-20-38)41-30-55-49(57-41)45-10-8-28-61(45)51(64)47(32(3)4)59-53(66)68-6/h13-24,29-33,42-47H,7-12,25-28H2,1-6H3,(H,54,56)(H,55,57)(H,58,65)(H,59,66). The van der Waals surface area contributed by atoms with Gasteiger partial charge in [0.2, 0.25) is 11.8 Å². The number of aromatic amines is 2. The summed E-state index contributed by atoms with van der Waals surface area (Å²) in [5.74, 6) is 1.69. The summed E-state index contributed by atoms with van der Waals surface area (Å²) in [6, 6.07) is 25.4. The number of methoxy groups -OCH3 is 2.